The second-order valence-electron chi connectivity index (χ2n) is 7.89. The van der Waals surface area contributed by atoms with E-state index in [1.165, 1.54) is 12.1 Å². The van der Waals surface area contributed by atoms with Gasteiger partial charge in [-0.1, -0.05) is 78.9 Å². The molecule has 0 heterocycles. The summed E-state index contributed by atoms with van der Waals surface area (Å²) in [7, 11) is -4.38. The Labute approximate surface area is 202 Å². The fourth-order valence-corrected chi connectivity index (χ4v) is 4.88. The molecule has 0 spiro atoms. The Morgan fingerprint density at radius 3 is 2.23 bits per heavy atom. The van der Waals surface area contributed by atoms with Crippen LogP contribution in [-0.4, -0.2) is 32.8 Å². The lowest BCUT2D eigenvalue weighted by molar-refractivity contribution is -0.144. The van der Waals surface area contributed by atoms with Crippen LogP contribution in [0.3, 0.4) is 0 Å². The predicted molar refractivity (Wildman–Crippen MR) is 130 cm³/mol. The molecule has 4 rings (SSSR count). The molecule has 0 radical (unpaired) electrons. The van der Waals surface area contributed by atoms with Crippen LogP contribution in [0.5, 0.6) is 0 Å². The van der Waals surface area contributed by atoms with Crippen LogP contribution < -0.4 is 4.72 Å². The summed E-state index contributed by atoms with van der Waals surface area (Å²) in [6.45, 7) is -0.566. The van der Waals surface area contributed by atoms with Crippen LogP contribution in [0.4, 0.5) is 4.39 Å². The average molecular weight is 492 g/mol. The predicted octanol–water partition coefficient (Wildman–Crippen LogP) is 4.29. The summed E-state index contributed by atoms with van der Waals surface area (Å²) >= 11 is 0. The molecule has 4 aromatic carbocycles. The van der Waals surface area contributed by atoms with Gasteiger partial charge in [0.2, 0.25) is 10.0 Å². The van der Waals surface area contributed by atoms with Crippen molar-refractivity contribution in [2.24, 2.45) is 0 Å². The summed E-state index contributed by atoms with van der Waals surface area (Å²) in [6, 6.07) is 24.9. The van der Waals surface area contributed by atoms with E-state index in [9.17, 15) is 22.4 Å². The van der Waals surface area contributed by atoms with Crippen molar-refractivity contribution >= 4 is 32.5 Å². The molecule has 6 nitrogen and oxygen atoms in total. The Morgan fingerprint density at radius 2 is 1.49 bits per heavy atom. The monoisotopic (exact) mass is 491 g/mol. The van der Waals surface area contributed by atoms with Crippen LogP contribution in [0.15, 0.2) is 102 Å². The smallest absolute Gasteiger partial charge is 0.324 e. The summed E-state index contributed by atoms with van der Waals surface area (Å²) in [5.41, 5.74) is 1.02. The van der Waals surface area contributed by atoms with Crippen LogP contribution in [0.1, 0.15) is 15.9 Å². The first-order valence-electron chi connectivity index (χ1n) is 10.8. The standard InChI is InChI=1S/C27H22FNO5S/c28-23-12-6-7-13-26(23)35(32,33)29-24(16-19-8-2-1-3-9-19)27(31)34-18-25(30)22-15-14-20-10-4-5-11-21(20)17-22/h1-15,17,24,29H,16,18H2/t24-/m0/s1. The number of hydrogen-bond acceptors (Lipinski definition) is 5. The zero-order valence-corrected chi connectivity index (χ0v) is 19.4. The first-order chi connectivity index (χ1) is 16.8. The van der Waals surface area contributed by atoms with E-state index in [2.05, 4.69) is 4.72 Å². The molecule has 0 saturated heterocycles. The van der Waals surface area contributed by atoms with E-state index < -0.39 is 45.1 Å². The van der Waals surface area contributed by atoms with Gasteiger partial charge in [0.15, 0.2) is 12.4 Å². The van der Waals surface area contributed by atoms with Crippen LogP contribution in [0, 0.1) is 5.82 Å². The summed E-state index contributed by atoms with van der Waals surface area (Å²) in [5.74, 6) is -2.32. The second kappa shape index (κ2) is 10.6. The number of fused-ring (bicyclic) bond motifs is 1. The lowest BCUT2D eigenvalue weighted by atomic mass is 10.0. The van der Waals surface area contributed by atoms with Crippen molar-refractivity contribution < 1.29 is 27.1 Å². The number of benzene rings is 4. The number of ketones is 1. The first kappa shape index (κ1) is 24.3. The molecule has 0 unspecified atom stereocenters. The summed E-state index contributed by atoms with van der Waals surface area (Å²) < 4.78 is 47.2. The molecule has 8 heteroatoms. The number of carbonyl (C=O) groups excluding carboxylic acids is 2. The lowest BCUT2D eigenvalue weighted by Gasteiger charge is -2.18. The molecule has 178 valence electrons. The van der Waals surface area contributed by atoms with Gasteiger partial charge in [0.25, 0.3) is 0 Å². The van der Waals surface area contributed by atoms with Gasteiger partial charge in [-0.15, -0.1) is 0 Å². The van der Waals surface area contributed by atoms with E-state index >= 15 is 0 Å². The molecule has 0 aliphatic rings. The SMILES string of the molecule is O=C(COC(=O)[C@H](Cc1ccccc1)NS(=O)(=O)c1ccccc1F)c1ccc2ccccc2c1. The molecule has 0 saturated carbocycles. The number of carbonyl (C=O) groups is 2. The Hall–Kier alpha value is -3.88. The van der Waals surface area contributed by atoms with Crippen molar-refractivity contribution in [3.05, 3.63) is 114 Å². The highest BCUT2D eigenvalue weighted by atomic mass is 32.2. The minimum absolute atomic E-state index is 0.0441. The highest BCUT2D eigenvalue weighted by Gasteiger charge is 2.29. The molecule has 35 heavy (non-hydrogen) atoms. The number of hydrogen-bond donors (Lipinski definition) is 1. The van der Waals surface area contributed by atoms with Crippen molar-refractivity contribution in [1.29, 1.82) is 0 Å². The third-order valence-electron chi connectivity index (χ3n) is 5.41. The fraction of sp³-hybridized carbons (Fsp3) is 0.111. The van der Waals surface area contributed by atoms with E-state index in [-0.39, 0.29) is 6.42 Å². The quantitative estimate of drug-likeness (QED) is 0.279. The highest BCUT2D eigenvalue weighted by Crippen LogP contribution is 2.17. The van der Waals surface area contributed by atoms with Gasteiger partial charge < -0.3 is 4.74 Å². The van der Waals surface area contributed by atoms with Crippen molar-refractivity contribution in [2.45, 2.75) is 17.4 Å². The summed E-state index contributed by atoms with van der Waals surface area (Å²) in [6.07, 6.45) is -0.0441. The third kappa shape index (κ3) is 5.98. The van der Waals surface area contributed by atoms with E-state index in [0.29, 0.717) is 11.1 Å². The van der Waals surface area contributed by atoms with Gasteiger partial charge in [-0.25, -0.2) is 12.8 Å². The minimum atomic E-state index is -4.38. The number of sulfonamides is 1. The zero-order valence-electron chi connectivity index (χ0n) is 18.6. The second-order valence-corrected chi connectivity index (χ2v) is 9.57. The van der Waals surface area contributed by atoms with Gasteiger partial charge in [-0.2, -0.15) is 4.72 Å². The van der Waals surface area contributed by atoms with Crippen molar-refractivity contribution in [2.75, 3.05) is 6.61 Å². The number of halogens is 1. The van der Waals surface area contributed by atoms with Gasteiger partial charge in [-0.3, -0.25) is 9.59 Å². The Kier molecular flexibility index (Phi) is 7.33. The molecular formula is C27H22FNO5S. The van der Waals surface area contributed by atoms with E-state index in [1.807, 2.05) is 24.3 Å². The molecule has 1 atom stereocenters. The van der Waals surface area contributed by atoms with E-state index in [1.54, 1.807) is 48.5 Å². The molecule has 0 bridgehead atoms. The fourth-order valence-electron chi connectivity index (χ4n) is 3.62. The maximum Gasteiger partial charge on any atom is 0.324 e. The molecule has 4 aromatic rings. The van der Waals surface area contributed by atoms with Gasteiger partial charge in [0.05, 0.1) is 0 Å². The highest BCUT2D eigenvalue weighted by molar-refractivity contribution is 7.89. The van der Waals surface area contributed by atoms with Crippen LogP contribution in [0.25, 0.3) is 10.8 Å². The average Bonchev–Trinajstić information content (AvgIpc) is 2.87. The first-order valence-corrected chi connectivity index (χ1v) is 12.3. The largest absolute Gasteiger partial charge is 0.456 e. The lowest BCUT2D eigenvalue weighted by Crippen LogP contribution is -2.44. The zero-order chi connectivity index (χ0) is 24.8. The summed E-state index contributed by atoms with van der Waals surface area (Å²) in [4.78, 5) is 25.0. The topological polar surface area (TPSA) is 89.5 Å². The number of ether oxygens (including phenoxy) is 1. The van der Waals surface area contributed by atoms with Crippen LogP contribution in [-0.2, 0) is 26.0 Å². The third-order valence-corrected chi connectivity index (χ3v) is 6.91. The van der Waals surface area contributed by atoms with Gasteiger partial charge in [-0.05, 0) is 41.0 Å². The van der Waals surface area contributed by atoms with E-state index in [0.717, 1.165) is 22.9 Å². The molecule has 0 amide bonds. The van der Waals surface area contributed by atoms with Crippen molar-refractivity contribution in [1.82, 2.24) is 4.72 Å². The number of Topliss-reactive ketones (excluding diaryl/α,β-unsaturated/α-hetero) is 1. The van der Waals surface area contributed by atoms with Gasteiger partial charge in [0.1, 0.15) is 16.8 Å². The van der Waals surface area contributed by atoms with Crippen molar-refractivity contribution in [3.63, 3.8) is 0 Å². The normalized spacial score (nSPS) is 12.3. The maximum atomic E-state index is 14.1. The van der Waals surface area contributed by atoms with E-state index in [4.69, 9.17) is 4.74 Å². The molecule has 0 aliphatic carbocycles. The van der Waals surface area contributed by atoms with Gasteiger partial charge >= 0.3 is 5.97 Å². The molecule has 0 aliphatic heterocycles. The molecule has 0 fully saturated rings. The Balaban J connectivity index is 1.51. The van der Waals surface area contributed by atoms with Crippen LogP contribution in [0.2, 0.25) is 0 Å². The molecule has 0 aromatic heterocycles. The number of esters is 1. The maximum absolute atomic E-state index is 14.1. The summed E-state index contributed by atoms with van der Waals surface area (Å²) in [5, 5.41) is 1.83. The molecular weight excluding hydrogens is 469 g/mol. The van der Waals surface area contributed by atoms with Crippen LogP contribution >= 0.6 is 0 Å². The number of rotatable bonds is 9. The van der Waals surface area contributed by atoms with Crippen molar-refractivity contribution in [3.8, 4) is 0 Å². The minimum Gasteiger partial charge on any atom is -0.456 e. The number of nitrogens with one attached hydrogen (secondary N) is 1. The van der Waals surface area contributed by atoms with Gasteiger partial charge in [0, 0.05) is 5.56 Å². The molecule has 1 N–H and O–H groups in total. The Bertz CT molecular complexity index is 1470. The Morgan fingerprint density at radius 1 is 0.829 bits per heavy atom.